The van der Waals surface area contributed by atoms with Crippen LogP contribution in [-0.2, 0) is 11.3 Å². The zero-order valence-electron chi connectivity index (χ0n) is 11.2. The molecule has 1 aromatic heterocycles. The molecule has 0 atom stereocenters. The molecule has 0 unspecified atom stereocenters. The molecule has 0 amide bonds. The van der Waals surface area contributed by atoms with Crippen molar-refractivity contribution < 1.29 is 19.0 Å². The Bertz CT molecular complexity index is 585. The molecule has 0 bridgehead atoms. The topological polar surface area (TPSA) is 70.5 Å². The highest BCUT2D eigenvalue weighted by molar-refractivity contribution is 7.14. The van der Waals surface area contributed by atoms with Crippen LogP contribution in [0.4, 0.5) is 0 Å². The van der Waals surface area contributed by atoms with Gasteiger partial charge in [-0.25, -0.2) is 4.79 Å². The summed E-state index contributed by atoms with van der Waals surface area (Å²) in [4.78, 5) is 11.4. The van der Waals surface area contributed by atoms with Crippen LogP contribution in [0.5, 0.6) is 10.9 Å². The van der Waals surface area contributed by atoms with Crippen LogP contribution in [0.3, 0.4) is 0 Å². The number of hydrogen-bond acceptors (Lipinski definition) is 7. The third kappa shape index (κ3) is 3.67. The second-order valence-corrected chi connectivity index (χ2v) is 4.67. The molecule has 2 aromatic rings. The van der Waals surface area contributed by atoms with E-state index in [9.17, 15) is 4.79 Å². The molecule has 106 valence electrons. The van der Waals surface area contributed by atoms with Gasteiger partial charge < -0.3 is 14.2 Å². The first kappa shape index (κ1) is 14.3. The van der Waals surface area contributed by atoms with Gasteiger partial charge in [-0.15, -0.1) is 5.10 Å². The number of hydrogen-bond donors (Lipinski definition) is 0. The highest BCUT2D eigenvalue weighted by Crippen LogP contribution is 2.20. The fraction of sp³-hybridized carbons (Fsp3) is 0.308. The number of ether oxygens (including phenoxy) is 3. The smallest absolute Gasteiger partial charge is 0.369 e. The fourth-order valence-electron chi connectivity index (χ4n) is 1.45. The molecule has 0 fully saturated rings. The van der Waals surface area contributed by atoms with E-state index >= 15 is 0 Å². The summed E-state index contributed by atoms with van der Waals surface area (Å²) in [5.41, 5.74) is 0.942. The van der Waals surface area contributed by atoms with E-state index < -0.39 is 5.97 Å². The highest BCUT2D eigenvalue weighted by atomic mass is 32.1. The average molecular weight is 294 g/mol. The van der Waals surface area contributed by atoms with E-state index in [0.29, 0.717) is 18.4 Å². The average Bonchev–Trinajstić information content (AvgIpc) is 2.94. The molecule has 0 saturated carbocycles. The predicted molar refractivity (Wildman–Crippen MR) is 73.2 cm³/mol. The molecule has 0 radical (unpaired) electrons. The van der Waals surface area contributed by atoms with E-state index in [2.05, 4.69) is 10.2 Å². The lowest BCUT2D eigenvalue weighted by Gasteiger charge is -2.04. The second-order valence-electron chi connectivity index (χ2n) is 3.73. The Kier molecular flexibility index (Phi) is 4.89. The number of esters is 1. The van der Waals surface area contributed by atoms with Gasteiger partial charge in [-0.1, -0.05) is 17.2 Å². The Balaban J connectivity index is 1.95. The zero-order chi connectivity index (χ0) is 14.4. The maximum absolute atomic E-state index is 11.4. The van der Waals surface area contributed by atoms with E-state index in [-0.39, 0.29) is 5.01 Å². The fourth-order valence-corrected chi connectivity index (χ4v) is 2.04. The molecule has 0 aliphatic heterocycles. The number of carbonyl (C=O) groups is 1. The van der Waals surface area contributed by atoms with Gasteiger partial charge in [0.15, 0.2) is 0 Å². The zero-order valence-corrected chi connectivity index (χ0v) is 12.0. The van der Waals surface area contributed by atoms with E-state index in [1.165, 1.54) is 0 Å². The van der Waals surface area contributed by atoms with E-state index in [0.717, 1.165) is 22.6 Å². The van der Waals surface area contributed by atoms with Crippen molar-refractivity contribution in [2.45, 2.75) is 13.5 Å². The monoisotopic (exact) mass is 294 g/mol. The summed E-state index contributed by atoms with van der Waals surface area (Å²) in [5.74, 6) is 0.275. The maximum Gasteiger partial charge on any atom is 0.369 e. The lowest BCUT2D eigenvalue weighted by molar-refractivity contribution is 0.0525. The van der Waals surface area contributed by atoms with Gasteiger partial charge in [0.05, 0.1) is 13.7 Å². The number of methoxy groups -OCH3 is 1. The summed E-state index contributed by atoms with van der Waals surface area (Å²) < 4.78 is 15.4. The van der Waals surface area contributed by atoms with Crippen LogP contribution in [0.15, 0.2) is 24.3 Å². The van der Waals surface area contributed by atoms with Crippen molar-refractivity contribution in [1.29, 1.82) is 0 Å². The predicted octanol–water partition coefficient (Wildman–Crippen LogP) is 2.30. The van der Waals surface area contributed by atoms with Crippen LogP contribution in [0, 0.1) is 0 Å². The van der Waals surface area contributed by atoms with Crippen molar-refractivity contribution >= 4 is 17.3 Å². The Hall–Kier alpha value is -2.15. The SMILES string of the molecule is CCOC(=O)c1nnc(OCc2cccc(OC)c2)s1. The first-order valence-electron chi connectivity index (χ1n) is 5.99. The maximum atomic E-state index is 11.4. The van der Waals surface area contributed by atoms with Crippen LogP contribution in [0.25, 0.3) is 0 Å². The van der Waals surface area contributed by atoms with Gasteiger partial charge >= 0.3 is 5.97 Å². The summed E-state index contributed by atoms with van der Waals surface area (Å²) in [6.45, 7) is 2.37. The molecule has 1 aromatic carbocycles. The molecule has 1 heterocycles. The van der Waals surface area contributed by atoms with Gasteiger partial charge in [-0.2, -0.15) is 0 Å². The lowest BCUT2D eigenvalue weighted by Crippen LogP contribution is -2.03. The van der Waals surface area contributed by atoms with Crippen molar-refractivity contribution in [2.24, 2.45) is 0 Å². The summed E-state index contributed by atoms with van der Waals surface area (Å²) in [6, 6.07) is 7.51. The van der Waals surface area contributed by atoms with Crippen molar-refractivity contribution in [3.63, 3.8) is 0 Å². The van der Waals surface area contributed by atoms with Gasteiger partial charge in [0.2, 0.25) is 5.01 Å². The number of benzene rings is 1. The van der Waals surface area contributed by atoms with Crippen molar-refractivity contribution in [1.82, 2.24) is 10.2 Å². The highest BCUT2D eigenvalue weighted by Gasteiger charge is 2.14. The van der Waals surface area contributed by atoms with Gasteiger partial charge in [-0.3, -0.25) is 0 Å². The lowest BCUT2D eigenvalue weighted by atomic mass is 10.2. The Labute approximate surface area is 120 Å². The Morgan fingerprint density at radius 1 is 1.35 bits per heavy atom. The molecule has 0 N–H and O–H groups in total. The molecule has 20 heavy (non-hydrogen) atoms. The summed E-state index contributed by atoms with van der Waals surface area (Å²) in [7, 11) is 1.61. The molecule has 0 aliphatic carbocycles. The van der Waals surface area contributed by atoms with Crippen molar-refractivity contribution in [3.05, 3.63) is 34.8 Å². The standard InChI is InChI=1S/C13H14N2O4S/c1-3-18-12(16)11-14-15-13(20-11)19-8-9-5-4-6-10(7-9)17-2/h4-7H,3,8H2,1-2H3. The summed E-state index contributed by atoms with van der Waals surface area (Å²) >= 11 is 1.06. The van der Waals surface area contributed by atoms with Crippen LogP contribution < -0.4 is 9.47 Å². The Morgan fingerprint density at radius 3 is 2.95 bits per heavy atom. The van der Waals surface area contributed by atoms with Crippen LogP contribution in [0.1, 0.15) is 22.3 Å². The molecule has 7 heteroatoms. The van der Waals surface area contributed by atoms with Crippen LogP contribution in [0.2, 0.25) is 0 Å². The number of aromatic nitrogens is 2. The molecule has 0 aliphatic rings. The molecular weight excluding hydrogens is 280 g/mol. The molecular formula is C13H14N2O4S. The van der Waals surface area contributed by atoms with Gasteiger partial charge in [0, 0.05) is 0 Å². The van der Waals surface area contributed by atoms with E-state index in [4.69, 9.17) is 14.2 Å². The van der Waals surface area contributed by atoms with Crippen molar-refractivity contribution in [2.75, 3.05) is 13.7 Å². The first-order chi connectivity index (χ1) is 9.72. The van der Waals surface area contributed by atoms with Gasteiger partial charge in [0.1, 0.15) is 12.4 Å². The molecule has 2 rings (SSSR count). The van der Waals surface area contributed by atoms with Gasteiger partial charge in [0.25, 0.3) is 5.19 Å². The number of nitrogens with zero attached hydrogens (tertiary/aromatic N) is 2. The first-order valence-corrected chi connectivity index (χ1v) is 6.81. The minimum Gasteiger partial charge on any atom is -0.497 e. The number of carbonyl (C=O) groups excluding carboxylic acids is 1. The normalized spacial score (nSPS) is 10.1. The largest absolute Gasteiger partial charge is 0.497 e. The van der Waals surface area contributed by atoms with Crippen LogP contribution in [-0.4, -0.2) is 29.9 Å². The third-order valence-electron chi connectivity index (χ3n) is 2.35. The number of rotatable bonds is 6. The second kappa shape index (κ2) is 6.85. The quantitative estimate of drug-likeness (QED) is 0.761. The Morgan fingerprint density at radius 2 is 2.20 bits per heavy atom. The summed E-state index contributed by atoms with van der Waals surface area (Å²) in [6.07, 6.45) is 0. The van der Waals surface area contributed by atoms with Crippen LogP contribution >= 0.6 is 11.3 Å². The summed E-state index contributed by atoms with van der Waals surface area (Å²) in [5, 5.41) is 8.03. The minimum absolute atomic E-state index is 0.187. The van der Waals surface area contributed by atoms with Gasteiger partial charge in [-0.05, 0) is 36.0 Å². The van der Waals surface area contributed by atoms with Crippen molar-refractivity contribution in [3.8, 4) is 10.9 Å². The third-order valence-corrected chi connectivity index (χ3v) is 3.17. The molecule has 0 saturated heterocycles. The minimum atomic E-state index is -0.485. The van der Waals surface area contributed by atoms with E-state index in [1.807, 2.05) is 24.3 Å². The van der Waals surface area contributed by atoms with E-state index in [1.54, 1.807) is 14.0 Å². The molecule has 6 nitrogen and oxygen atoms in total. The molecule has 0 spiro atoms.